The SMILES string of the molecule is CCC(=O)NC(=O)CN(C)C(C)=O. The number of imide groups is 1. The molecule has 5 nitrogen and oxygen atoms in total. The fourth-order valence-electron chi connectivity index (χ4n) is 0.610. The maximum atomic E-state index is 11.0. The summed E-state index contributed by atoms with van der Waals surface area (Å²) in [6.45, 7) is 2.92. The predicted molar refractivity (Wildman–Crippen MR) is 46.8 cm³/mol. The summed E-state index contributed by atoms with van der Waals surface area (Å²) in [6, 6.07) is 0. The van der Waals surface area contributed by atoms with E-state index in [1.807, 2.05) is 0 Å². The second-order valence-electron chi connectivity index (χ2n) is 2.70. The number of likely N-dealkylation sites (N-methyl/N-ethyl adjacent to an activating group) is 1. The number of nitrogens with zero attached hydrogens (tertiary/aromatic N) is 1. The molecule has 0 aromatic heterocycles. The molecule has 0 heterocycles. The van der Waals surface area contributed by atoms with Crippen LogP contribution in [0.15, 0.2) is 0 Å². The van der Waals surface area contributed by atoms with Crippen molar-refractivity contribution < 1.29 is 14.4 Å². The van der Waals surface area contributed by atoms with Crippen molar-refractivity contribution in [2.45, 2.75) is 20.3 Å². The normalized spacial score (nSPS) is 9.15. The van der Waals surface area contributed by atoms with Crippen LogP contribution in [0.5, 0.6) is 0 Å². The molecule has 0 saturated carbocycles. The number of carbonyl (C=O) groups is 3. The van der Waals surface area contributed by atoms with E-state index in [1.165, 1.54) is 18.9 Å². The zero-order valence-corrected chi connectivity index (χ0v) is 8.09. The van der Waals surface area contributed by atoms with E-state index in [4.69, 9.17) is 0 Å². The molecule has 0 fully saturated rings. The van der Waals surface area contributed by atoms with Gasteiger partial charge in [-0.2, -0.15) is 0 Å². The molecule has 0 saturated heterocycles. The Morgan fingerprint density at radius 1 is 1.23 bits per heavy atom. The highest BCUT2D eigenvalue weighted by Gasteiger charge is 2.10. The van der Waals surface area contributed by atoms with Crippen molar-refractivity contribution in [1.29, 1.82) is 0 Å². The number of carbonyl (C=O) groups excluding carboxylic acids is 3. The first-order valence-corrected chi connectivity index (χ1v) is 4.01. The quantitative estimate of drug-likeness (QED) is 0.647. The van der Waals surface area contributed by atoms with Gasteiger partial charge in [0.2, 0.25) is 17.7 Å². The standard InChI is InChI=1S/C8H14N2O3/c1-4-7(12)9-8(13)5-10(3)6(2)11/h4-5H2,1-3H3,(H,9,12,13). The highest BCUT2D eigenvalue weighted by molar-refractivity contribution is 5.97. The van der Waals surface area contributed by atoms with Gasteiger partial charge >= 0.3 is 0 Å². The molecule has 1 N–H and O–H groups in total. The highest BCUT2D eigenvalue weighted by Crippen LogP contribution is 1.83. The molecule has 0 spiro atoms. The van der Waals surface area contributed by atoms with Crippen LogP contribution < -0.4 is 5.32 Å². The minimum absolute atomic E-state index is 0.0823. The lowest BCUT2D eigenvalue weighted by molar-refractivity contribution is -0.136. The number of nitrogens with one attached hydrogen (secondary N) is 1. The van der Waals surface area contributed by atoms with Gasteiger partial charge in [-0.1, -0.05) is 6.92 Å². The van der Waals surface area contributed by atoms with E-state index < -0.39 is 5.91 Å². The van der Waals surface area contributed by atoms with Crippen molar-refractivity contribution in [3.05, 3.63) is 0 Å². The van der Waals surface area contributed by atoms with Crippen molar-refractivity contribution >= 4 is 17.7 Å². The zero-order valence-electron chi connectivity index (χ0n) is 8.09. The Morgan fingerprint density at radius 3 is 2.15 bits per heavy atom. The fraction of sp³-hybridized carbons (Fsp3) is 0.625. The molecular formula is C8H14N2O3. The topological polar surface area (TPSA) is 66.5 Å². The summed E-state index contributed by atoms with van der Waals surface area (Å²) in [7, 11) is 1.50. The van der Waals surface area contributed by atoms with Crippen LogP contribution in [0.1, 0.15) is 20.3 Å². The van der Waals surface area contributed by atoms with Gasteiger partial charge in [0.25, 0.3) is 0 Å². The predicted octanol–water partition coefficient (Wildman–Crippen LogP) is -0.483. The van der Waals surface area contributed by atoms with E-state index in [0.717, 1.165) is 0 Å². The van der Waals surface area contributed by atoms with Crippen molar-refractivity contribution in [3.63, 3.8) is 0 Å². The molecule has 0 rings (SSSR count). The first kappa shape index (κ1) is 11.6. The van der Waals surface area contributed by atoms with E-state index >= 15 is 0 Å². The molecule has 0 atom stereocenters. The third kappa shape index (κ3) is 4.95. The first-order chi connectivity index (χ1) is 5.97. The Kier molecular flexibility index (Phi) is 4.72. The summed E-state index contributed by atoms with van der Waals surface area (Å²) in [4.78, 5) is 33.7. The summed E-state index contributed by atoms with van der Waals surface area (Å²) in [6.07, 6.45) is 0.259. The zero-order chi connectivity index (χ0) is 10.4. The Hall–Kier alpha value is -1.39. The molecule has 5 heteroatoms. The van der Waals surface area contributed by atoms with Gasteiger partial charge in [0.1, 0.15) is 0 Å². The van der Waals surface area contributed by atoms with Gasteiger partial charge in [0, 0.05) is 20.4 Å². The smallest absolute Gasteiger partial charge is 0.246 e. The summed E-state index contributed by atoms with van der Waals surface area (Å²) in [5, 5.41) is 2.14. The van der Waals surface area contributed by atoms with E-state index in [2.05, 4.69) is 5.32 Å². The van der Waals surface area contributed by atoms with E-state index in [9.17, 15) is 14.4 Å². The van der Waals surface area contributed by atoms with Gasteiger partial charge in [0.15, 0.2) is 0 Å². The molecule has 13 heavy (non-hydrogen) atoms. The van der Waals surface area contributed by atoms with Crippen LogP contribution in [-0.4, -0.2) is 36.2 Å². The lowest BCUT2D eigenvalue weighted by Crippen LogP contribution is -2.39. The summed E-state index contributed by atoms with van der Waals surface area (Å²) in [5.41, 5.74) is 0. The summed E-state index contributed by atoms with van der Waals surface area (Å²) < 4.78 is 0. The second kappa shape index (κ2) is 5.29. The van der Waals surface area contributed by atoms with E-state index in [-0.39, 0.29) is 24.8 Å². The second-order valence-corrected chi connectivity index (χ2v) is 2.70. The molecule has 0 aliphatic carbocycles. The van der Waals surface area contributed by atoms with Crippen LogP contribution in [0.4, 0.5) is 0 Å². The van der Waals surface area contributed by atoms with Gasteiger partial charge in [0.05, 0.1) is 6.54 Å². The first-order valence-electron chi connectivity index (χ1n) is 4.01. The third-order valence-corrected chi connectivity index (χ3v) is 1.52. The van der Waals surface area contributed by atoms with E-state index in [1.54, 1.807) is 6.92 Å². The van der Waals surface area contributed by atoms with Crippen molar-refractivity contribution in [2.75, 3.05) is 13.6 Å². The average Bonchev–Trinajstić information content (AvgIpc) is 2.03. The lowest BCUT2D eigenvalue weighted by Gasteiger charge is -2.13. The summed E-state index contributed by atoms with van der Waals surface area (Å²) in [5.74, 6) is -0.995. The van der Waals surface area contributed by atoms with Crippen LogP contribution in [-0.2, 0) is 14.4 Å². The minimum atomic E-state index is -0.454. The van der Waals surface area contributed by atoms with Crippen LogP contribution in [0.25, 0.3) is 0 Å². The minimum Gasteiger partial charge on any atom is -0.337 e. The molecule has 74 valence electrons. The molecule has 0 bridgehead atoms. The fourth-order valence-corrected chi connectivity index (χ4v) is 0.610. The molecule has 0 radical (unpaired) electrons. The lowest BCUT2D eigenvalue weighted by atomic mass is 10.4. The van der Waals surface area contributed by atoms with Gasteiger partial charge in [-0.05, 0) is 0 Å². The number of hydrogen-bond donors (Lipinski definition) is 1. The highest BCUT2D eigenvalue weighted by atomic mass is 16.2. The average molecular weight is 186 g/mol. The van der Waals surface area contributed by atoms with Crippen molar-refractivity contribution in [1.82, 2.24) is 10.2 Å². The van der Waals surface area contributed by atoms with Gasteiger partial charge in [-0.15, -0.1) is 0 Å². The Morgan fingerprint density at radius 2 is 1.77 bits per heavy atom. The van der Waals surface area contributed by atoms with Gasteiger partial charge in [-0.3, -0.25) is 19.7 Å². The van der Waals surface area contributed by atoms with E-state index in [0.29, 0.717) is 0 Å². The Labute approximate surface area is 77.1 Å². The van der Waals surface area contributed by atoms with Crippen molar-refractivity contribution in [3.8, 4) is 0 Å². The third-order valence-electron chi connectivity index (χ3n) is 1.52. The van der Waals surface area contributed by atoms with Crippen LogP contribution in [0, 0.1) is 0 Å². The maximum absolute atomic E-state index is 11.0. The summed E-state index contributed by atoms with van der Waals surface area (Å²) >= 11 is 0. The molecule has 0 aromatic rings. The Balaban J connectivity index is 3.88. The van der Waals surface area contributed by atoms with Crippen LogP contribution in [0.3, 0.4) is 0 Å². The van der Waals surface area contributed by atoms with Crippen LogP contribution >= 0.6 is 0 Å². The van der Waals surface area contributed by atoms with Crippen LogP contribution in [0.2, 0.25) is 0 Å². The molecule has 0 aromatic carbocycles. The van der Waals surface area contributed by atoms with Gasteiger partial charge < -0.3 is 4.90 Å². The maximum Gasteiger partial charge on any atom is 0.246 e. The number of rotatable bonds is 3. The molecule has 0 unspecified atom stereocenters. The van der Waals surface area contributed by atoms with Gasteiger partial charge in [-0.25, -0.2) is 0 Å². The molecule has 3 amide bonds. The monoisotopic (exact) mass is 186 g/mol. The largest absolute Gasteiger partial charge is 0.337 e. The molecular weight excluding hydrogens is 172 g/mol. The van der Waals surface area contributed by atoms with Crippen molar-refractivity contribution in [2.24, 2.45) is 0 Å². The Bertz CT molecular complexity index is 225. The number of amides is 3. The molecule has 0 aliphatic heterocycles. The number of hydrogen-bond acceptors (Lipinski definition) is 3. The molecule has 0 aliphatic rings.